The fourth-order valence-electron chi connectivity index (χ4n) is 7.05. The van der Waals surface area contributed by atoms with Crippen molar-refractivity contribution in [3.63, 3.8) is 0 Å². The Kier molecular flexibility index (Phi) is 6.08. The highest BCUT2D eigenvalue weighted by atomic mass is 15.3. The average Bonchev–Trinajstić information content (AvgIpc) is 3.82. The molecule has 0 atom stereocenters. The first-order valence-corrected chi connectivity index (χ1v) is 16.4. The van der Waals surface area contributed by atoms with Crippen molar-refractivity contribution in [2.45, 2.75) is 0 Å². The van der Waals surface area contributed by atoms with Crippen molar-refractivity contribution < 1.29 is 0 Å². The molecule has 6 heteroatoms. The lowest BCUT2D eigenvalue weighted by Gasteiger charge is -2.09. The first-order valence-electron chi connectivity index (χ1n) is 16.4. The number of aromatic nitrogens is 6. The van der Waals surface area contributed by atoms with Crippen molar-refractivity contribution in [3.8, 4) is 45.3 Å². The molecule has 6 nitrogen and oxygen atoms in total. The zero-order valence-corrected chi connectivity index (χ0v) is 26.3. The Hall–Kier alpha value is -6.79. The predicted molar refractivity (Wildman–Crippen MR) is 198 cm³/mol. The van der Waals surface area contributed by atoms with Gasteiger partial charge in [0.05, 0.1) is 27.9 Å². The highest BCUT2D eigenvalue weighted by Gasteiger charge is 2.25. The summed E-state index contributed by atoms with van der Waals surface area (Å²) in [6, 6.07) is 58.7. The summed E-state index contributed by atoms with van der Waals surface area (Å²) < 4.78 is 6.94. The predicted octanol–water partition coefficient (Wildman–Crippen LogP) is 10.2. The molecular weight excluding hydrogens is 601 g/mol. The molecule has 10 aromatic rings. The molecule has 6 aromatic carbocycles. The fourth-order valence-corrected chi connectivity index (χ4v) is 7.05. The summed E-state index contributed by atoms with van der Waals surface area (Å²) >= 11 is 0. The van der Waals surface area contributed by atoms with Crippen LogP contribution in [0.1, 0.15) is 0 Å². The van der Waals surface area contributed by atoms with Gasteiger partial charge in [-0.3, -0.25) is 13.5 Å². The van der Waals surface area contributed by atoms with Crippen molar-refractivity contribution in [1.82, 2.24) is 28.5 Å². The molecule has 0 fully saturated rings. The van der Waals surface area contributed by atoms with Gasteiger partial charge in [0, 0.05) is 33.5 Å². The minimum Gasteiger partial charge on any atom is -0.294 e. The van der Waals surface area contributed by atoms with Crippen molar-refractivity contribution >= 4 is 38.9 Å². The van der Waals surface area contributed by atoms with E-state index in [0.29, 0.717) is 5.82 Å². The van der Waals surface area contributed by atoms with Crippen LogP contribution in [0.4, 0.5) is 0 Å². The second kappa shape index (κ2) is 10.9. The van der Waals surface area contributed by atoms with Gasteiger partial charge in [0.25, 0.3) is 0 Å². The van der Waals surface area contributed by atoms with Crippen molar-refractivity contribution in [3.05, 3.63) is 170 Å². The van der Waals surface area contributed by atoms with E-state index < -0.39 is 0 Å². The van der Waals surface area contributed by atoms with Crippen molar-refractivity contribution in [2.24, 2.45) is 0 Å². The van der Waals surface area contributed by atoms with Crippen LogP contribution in [0.15, 0.2) is 170 Å². The number of nitrogens with zero attached hydrogens (tertiary/aromatic N) is 6. The topological polar surface area (TPSA) is 52.9 Å². The third-order valence-electron chi connectivity index (χ3n) is 9.25. The van der Waals surface area contributed by atoms with Gasteiger partial charge in [-0.2, -0.15) is 0 Å². The SMILES string of the molecule is c1ccc(-c2cc(-c3ccccc3)nc(-c3ccc4c(c3)nc3n(-c5ccccc5)c5c6ccccc6n(-c6ccccc6)c5n43)n2)cc1. The van der Waals surface area contributed by atoms with Gasteiger partial charge in [0.15, 0.2) is 11.5 Å². The second-order valence-electron chi connectivity index (χ2n) is 12.2. The molecule has 0 N–H and O–H groups in total. The van der Waals surface area contributed by atoms with Crippen LogP contribution < -0.4 is 0 Å². The normalized spacial score (nSPS) is 11.7. The smallest absolute Gasteiger partial charge is 0.221 e. The molecule has 0 aliphatic heterocycles. The lowest BCUT2D eigenvalue weighted by molar-refractivity contribution is 1.09. The lowest BCUT2D eigenvalue weighted by atomic mass is 10.1. The summed E-state index contributed by atoms with van der Waals surface area (Å²) in [6.07, 6.45) is 0. The fraction of sp³-hybridized carbons (Fsp3) is 0. The van der Waals surface area contributed by atoms with E-state index in [4.69, 9.17) is 15.0 Å². The van der Waals surface area contributed by atoms with E-state index in [2.05, 4.69) is 147 Å². The van der Waals surface area contributed by atoms with E-state index in [1.807, 2.05) is 36.4 Å². The van der Waals surface area contributed by atoms with E-state index in [-0.39, 0.29) is 0 Å². The van der Waals surface area contributed by atoms with Gasteiger partial charge in [-0.25, -0.2) is 15.0 Å². The number of fused-ring (bicyclic) bond motifs is 7. The molecule has 4 heterocycles. The van der Waals surface area contributed by atoms with Crippen molar-refractivity contribution in [2.75, 3.05) is 0 Å². The molecule has 0 saturated carbocycles. The summed E-state index contributed by atoms with van der Waals surface area (Å²) in [6.45, 7) is 0. The lowest BCUT2D eigenvalue weighted by Crippen LogP contribution is -1.97. The van der Waals surface area contributed by atoms with Gasteiger partial charge >= 0.3 is 0 Å². The standard InChI is InChI=1S/C43H28N6/c1-5-15-29(16-6-1)35-28-36(30-17-7-2-8-18-30)45-41(44-35)31-25-26-39-37(27-31)46-43-48(33-21-11-4-12-22-33)40-34-23-13-14-24-38(34)47(42(40)49(39)43)32-19-9-3-10-20-32/h1-28H. The molecule has 0 aliphatic carbocycles. The summed E-state index contributed by atoms with van der Waals surface area (Å²) in [7, 11) is 0. The van der Waals surface area contributed by atoms with E-state index in [1.54, 1.807) is 0 Å². The first-order chi connectivity index (χ1) is 24.3. The van der Waals surface area contributed by atoms with Gasteiger partial charge in [0.1, 0.15) is 5.52 Å². The molecule has 230 valence electrons. The van der Waals surface area contributed by atoms with Gasteiger partial charge in [-0.1, -0.05) is 115 Å². The summed E-state index contributed by atoms with van der Waals surface area (Å²) in [4.78, 5) is 15.5. The van der Waals surface area contributed by atoms with E-state index in [9.17, 15) is 0 Å². The van der Waals surface area contributed by atoms with Gasteiger partial charge < -0.3 is 0 Å². The number of benzene rings is 6. The zero-order valence-electron chi connectivity index (χ0n) is 26.3. The van der Waals surface area contributed by atoms with E-state index >= 15 is 0 Å². The highest BCUT2D eigenvalue weighted by molar-refractivity contribution is 6.10. The number of rotatable bonds is 5. The van der Waals surface area contributed by atoms with Crippen molar-refractivity contribution in [1.29, 1.82) is 0 Å². The third kappa shape index (κ3) is 4.31. The molecule has 0 radical (unpaired) electrons. The summed E-state index contributed by atoms with van der Waals surface area (Å²) in [5, 5.41) is 1.17. The second-order valence-corrected chi connectivity index (χ2v) is 12.2. The third-order valence-corrected chi connectivity index (χ3v) is 9.25. The maximum Gasteiger partial charge on any atom is 0.221 e. The Morgan fingerprint density at radius 2 is 0.959 bits per heavy atom. The number of hydrogen-bond acceptors (Lipinski definition) is 3. The van der Waals surface area contributed by atoms with Gasteiger partial charge in [-0.15, -0.1) is 0 Å². The van der Waals surface area contributed by atoms with Crippen LogP contribution in [0, 0.1) is 0 Å². The molecule has 10 rings (SSSR count). The molecule has 49 heavy (non-hydrogen) atoms. The van der Waals surface area contributed by atoms with E-state index in [0.717, 1.165) is 72.9 Å². The summed E-state index contributed by atoms with van der Waals surface area (Å²) in [5.41, 5.74) is 12.1. The Balaban J connectivity index is 1.26. The monoisotopic (exact) mass is 628 g/mol. The van der Waals surface area contributed by atoms with Gasteiger partial charge in [-0.05, 0) is 54.6 Å². The highest BCUT2D eigenvalue weighted by Crippen LogP contribution is 2.39. The van der Waals surface area contributed by atoms with Crippen LogP contribution >= 0.6 is 0 Å². The average molecular weight is 629 g/mol. The van der Waals surface area contributed by atoms with Crippen LogP contribution in [-0.2, 0) is 0 Å². The molecule has 0 aliphatic rings. The molecule has 4 aromatic heterocycles. The molecule has 0 unspecified atom stereocenters. The van der Waals surface area contributed by atoms with Crippen LogP contribution in [0.5, 0.6) is 0 Å². The molecule has 0 bridgehead atoms. The van der Waals surface area contributed by atoms with Crippen LogP contribution in [0.25, 0.3) is 84.2 Å². The molecular formula is C43H28N6. The maximum atomic E-state index is 5.35. The number of imidazole rings is 2. The van der Waals surface area contributed by atoms with Crippen LogP contribution in [-0.4, -0.2) is 28.5 Å². The maximum absolute atomic E-state index is 5.35. The molecule has 0 saturated heterocycles. The van der Waals surface area contributed by atoms with E-state index in [1.165, 1.54) is 5.39 Å². The quantitative estimate of drug-likeness (QED) is 0.191. The minimum atomic E-state index is 0.661. The van der Waals surface area contributed by atoms with Crippen LogP contribution in [0.2, 0.25) is 0 Å². The minimum absolute atomic E-state index is 0.661. The Morgan fingerprint density at radius 1 is 0.408 bits per heavy atom. The largest absolute Gasteiger partial charge is 0.294 e. The number of hydrogen-bond donors (Lipinski definition) is 0. The first kappa shape index (κ1) is 27.3. The number of para-hydroxylation sites is 3. The van der Waals surface area contributed by atoms with Crippen LogP contribution in [0.3, 0.4) is 0 Å². The van der Waals surface area contributed by atoms with Gasteiger partial charge in [0.2, 0.25) is 5.78 Å². The molecule has 0 amide bonds. The summed E-state index contributed by atoms with van der Waals surface area (Å²) in [5.74, 6) is 1.51. The molecule has 0 spiro atoms. The Morgan fingerprint density at radius 3 is 1.59 bits per heavy atom. The zero-order chi connectivity index (χ0) is 32.3. The Labute approximate surface area is 281 Å². The Bertz CT molecular complexity index is 2740.